The van der Waals surface area contributed by atoms with Crippen molar-refractivity contribution in [2.45, 2.75) is 26.7 Å². The molecule has 0 aliphatic rings. The van der Waals surface area contributed by atoms with E-state index in [0.717, 1.165) is 83.9 Å². The zero-order valence-corrected chi connectivity index (χ0v) is 19.3. The van der Waals surface area contributed by atoms with Crippen LogP contribution in [0.5, 0.6) is 0 Å². The highest BCUT2D eigenvalue weighted by Gasteiger charge is 2.18. The fourth-order valence-corrected chi connectivity index (χ4v) is 3.56. The lowest BCUT2D eigenvalue weighted by Crippen LogP contribution is -2.46. The van der Waals surface area contributed by atoms with Crippen LogP contribution < -0.4 is 22.1 Å². The van der Waals surface area contributed by atoms with E-state index in [0.29, 0.717) is 0 Å². The number of benzene rings is 2. The van der Waals surface area contributed by atoms with Gasteiger partial charge in [0.25, 0.3) is 0 Å². The number of likely N-dealkylation sites (N-methyl/N-ethyl adjacent to an activating group) is 1. The van der Waals surface area contributed by atoms with Crippen molar-refractivity contribution >= 4 is 22.7 Å². The fourth-order valence-electron chi connectivity index (χ4n) is 3.56. The molecular weight excluding hydrogens is 370 g/mol. The Morgan fingerprint density at radius 2 is 1.30 bits per heavy atom. The number of anilines is 4. The van der Waals surface area contributed by atoms with Crippen LogP contribution in [0, 0.1) is 21.3 Å². The predicted octanol–water partition coefficient (Wildman–Crippen LogP) is 4.85. The van der Waals surface area contributed by atoms with Gasteiger partial charge < -0.3 is 34.0 Å². The summed E-state index contributed by atoms with van der Waals surface area (Å²) in [6, 6.07) is 12.2. The zero-order chi connectivity index (χ0) is 21.3. The van der Waals surface area contributed by atoms with E-state index in [9.17, 15) is 0 Å². The number of hydrogen-bond donors (Lipinski definition) is 4. The van der Waals surface area contributed by atoms with Crippen LogP contribution in [0.25, 0.3) is 0 Å². The van der Waals surface area contributed by atoms with Gasteiger partial charge in [-0.3, -0.25) is 0 Å². The molecule has 0 saturated heterocycles. The molecule has 166 valence electrons. The van der Waals surface area contributed by atoms with Gasteiger partial charge in [0.15, 0.2) is 0 Å². The molecule has 0 atom stereocenters. The number of nitrogen functional groups attached to an aromatic ring is 2. The summed E-state index contributed by atoms with van der Waals surface area (Å²) in [6.07, 6.45) is 4.25. The van der Waals surface area contributed by atoms with Crippen molar-refractivity contribution in [2.24, 2.45) is 0 Å². The van der Waals surface area contributed by atoms with Gasteiger partial charge in [0, 0.05) is 48.7 Å². The average Bonchev–Trinajstić information content (AvgIpc) is 2.68. The minimum atomic E-state index is 0. The molecule has 2 aromatic rings. The number of hydrogen-bond acceptors (Lipinski definition) is 4. The van der Waals surface area contributed by atoms with Crippen molar-refractivity contribution in [1.82, 2.24) is 0 Å². The fraction of sp³-hybridized carbons (Fsp3) is 0.400. The second-order valence-electron chi connectivity index (χ2n) is 8.24. The second-order valence-corrected chi connectivity index (χ2v) is 8.24. The first-order valence-corrected chi connectivity index (χ1v) is 10.5. The molecule has 0 unspecified atom stereocenters. The topological polar surface area (TPSA) is 76.1 Å². The molecule has 0 saturated carbocycles. The van der Waals surface area contributed by atoms with Crippen molar-refractivity contribution in [2.75, 3.05) is 61.9 Å². The Labute approximate surface area is 183 Å². The van der Waals surface area contributed by atoms with E-state index in [1.807, 2.05) is 44.2 Å². The SMILES string of the molecule is C=CC[N+](C)(CCCNc1ccc(N)c(C)c1)CCCNc1ccc(N)c(C)c1.[CH3-]. The molecule has 0 radical (unpaired) electrons. The molecule has 2 rings (SSSR count). The van der Waals surface area contributed by atoms with Crippen LogP contribution in [0.2, 0.25) is 0 Å². The van der Waals surface area contributed by atoms with Crippen LogP contribution >= 0.6 is 0 Å². The van der Waals surface area contributed by atoms with Crippen LogP contribution in [0.15, 0.2) is 49.1 Å². The molecule has 0 fully saturated rings. The smallest absolute Gasteiger partial charge is 0.0969 e. The molecule has 2 aromatic carbocycles. The number of nitrogens with one attached hydrogen (secondary N) is 2. The highest BCUT2D eigenvalue weighted by atomic mass is 15.3. The first-order valence-electron chi connectivity index (χ1n) is 10.5. The number of rotatable bonds is 12. The number of quaternary nitrogens is 1. The molecule has 0 heterocycles. The summed E-state index contributed by atoms with van der Waals surface area (Å²) in [6.45, 7) is 13.2. The van der Waals surface area contributed by atoms with E-state index < -0.39 is 0 Å². The van der Waals surface area contributed by atoms with Gasteiger partial charge in [0.1, 0.15) is 0 Å². The molecule has 0 aliphatic heterocycles. The summed E-state index contributed by atoms with van der Waals surface area (Å²) in [4.78, 5) is 0. The maximum atomic E-state index is 5.89. The van der Waals surface area contributed by atoms with Gasteiger partial charge in [0.2, 0.25) is 0 Å². The maximum Gasteiger partial charge on any atom is 0.0969 e. The number of nitrogens with two attached hydrogens (primary N) is 2. The first-order chi connectivity index (χ1) is 13.8. The summed E-state index contributed by atoms with van der Waals surface area (Å²) in [5.74, 6) is 0. The summed E-state index contributed by atoms with van der Waals surface area (Å²) in [5, 5.41) is 7.02. The van der Waals surface area contributed by atoms with Gasteiger partial charge in [0.05, 0.1) is 26.7 Å². The lowest BCUT2D eigenvalue weighted by molar-refractivity contribution is -0.904. The lowest BCUT2D eigenvalue weighted by atomic mass is 10.2. The van der Waals surface area contributed by atoms with Gasteiger partial charge in [-0.05, 0) is 67.4 Å². The molecule has 6 N–H and O–H groups in total. The Hall–Kier alpha value is -2.66. The van der Waals surface area contributed by atoms with E-state index >= 15 is 0 Å². The highest BCUT2D eigenvalue weighted by Crippen LogP contribution is 2.18. The number of nitrogens with zero attached hydrogens (tertiary/aromatic N) is 1. The zero-order valence-electron chi connectivity index (χ0n) is 19.3. The van der Waals surface area contributed by atoms with Crippen molar-refractivity contribution in [3.8, 4) is 0 Å². The Bertz CT molecular complexity index is 741. The third-order valence-corrected chi connectivity index (χ3v) is 5.52. The third kappa shape index (κ3) is 7.99. The summed E-state index contributed by atoms with van der Waals surface area (Å²) in [5.41, 5.74) is 18.0. The highest BCUT2D eigenvalue weighted by molar-refractivity contribution is 5.57. The van der Waals surface area contributed by atoms with Crippen LogP contribution in [0.1, 0.15) is 24.0 Å². The molecule has 30 heavy (non-hydrogen) atoms. The molecule has 0 bridgehead atoms. The minimum Gasteiger partial charge on any atom is -0.399 e. The van der Waals surface area contributed by atoms with Gasteiger partial charge in [-0.2, -0.15) is 0 Å². The van der Waals surface area contributed by atoms with E-state index in [1.54, 1.807) is 0 Å². The Morgan fingerprint density at radius 3 is 1.67 bits per heavy atom. The van der Waals surface area contributed by atoms with E-state index in [1.165, 1.54) is 0 Å². The van der Waals surface area contributed by atoms with Crippen molar-refractivity contribution < 1.29 is 4.48 Å². The third-order valence-electron chi connectivity index (χ3n) is 5.52. The summed E-state index contributed by atoms with van der Waals surface area (Å²) >= 11 is 0. The lowest BCUT2D eigenvalue weighted by Gasteiger charge is -2.34. The van der Waals surface area contributed by atoms with Crippen LogP contribution in [-0.2, 0) is 0 Å². The Balaban J connectivity index is 0.00000450. The Kier molecular flexibility index (Phi) is 10.3. The molecule has 0 aliphatic carbocycles. The largest absolute Gasteiger partial charge is 0.399 e. The molecule has 5 heteroatoms. The van der Waals surface area contributed by atoms with Gasteiger partial charge in [-0.15, -0.1) is 0 Å². The minimum absolute atomic E-state index is 0. The summed E-state index contributed by atoms with van der Waals surface area (Å²) in [7, 11) is 2.32. The first kappa shape index (κ1) is 25.4. The van der Waals surface area contributed by atoms with Crippen molar-refractivity contribution in [3.63, 3.8) is 0 Å². The quantitative estimate of drug-likeness (QED) is 0.132. The maximum absolute atomic E-state index is 5.89. The normalized spacial score (nSPS) is 10.9. The molecule has 0 spiro atoms. The van der Waals surface area contributed by atoms with E-state index in [-0.39, 0.29) is 7.43 Å². The molecular formula is C25H41N5. The second kappa shape index (κ2) is 12.1. The van der Waals surface area contributed by atoms with E-state index in [2.05, 4.69) is 36.4 Å². The molecule has 0 aromatic heterocycles. The number of aryl methyl sites for hydroxylation is 2. The van der Waals surface area contributed by atoms with Gasteiger partial charge in [-0.1, -0.05) is 6.58 Å². The Morgan fingerprint density at radius 1 is 0.867 bits per heavy atom. The van der Waals surface area contributed by atoms with Gasteiger partial charge >= 0.3 is 0 Å². The standard InChI is InChI=1S/C24H38N5.CH3/c1-5-14-29(4,15-6-12-27-21-8-10-23(25)19(2)17-21)16-7-13-28-22-9-11-24(26)20(3)18-22;/h5,8-11,17-18,27-28H,1,6-7,12-16,25-26H2,2-4H3;1H3/q+1;-1. The predicted molar refractivity (Wildman–Crippen MR) is 135 cm³/mol. The summed E-state index contributed by atoms with van der Waals surface area (Å²) < 4.78 is 1.01. The van der Waals surface area contributed by atoms with Gasteiger partial charge in [-0.25, -0.2) is 0 Å². The van der Waals surface area contributed by atoms with Crippen LogP contribution in [0.4, 0.5) is 22.7 Å². The molecule has 5 nitrogen and oxygen atoms in total. The van der Waals surface area contributed by atoms with Crippen molar-refractivity contribution in [1.29, 1.82) is 0 Å². The monoisotopic (exact) mass is 411 g/mol. The average molecular weight is 412 g/mol. The van der Waals surface area contributed by atoms with Crippen molar-refractivity contribution in [3.05, 3.63) is 67.6 Å². The van der Waals surface area contributed by atoms with E-state index in [4.69, 9.17) is 11.5 Å². The molecule has 0 amide bonds. The van der Waals surface area contributed by atoms with Crippen LogP contribution in [0.3, 0.4) is 0 Å². The van der Waals surface area contributed by atoms with Crippen LogP contribution in [-0.4, -0.2) is 44.3 Å².